The predicted octanol–water partition coefficient (Wildman–Crippen LogP) is 5.09. The highest BCUT2D eigenvalue weighted by Crippen LogP contribution is 2.42. The van der Waals surface area contributed by atoms with E-state index in [1.807, 2.05) is 24.3 Å². The molecule has 32 heavy (non-hydrogen) atoms. The Morgan fingerprint density at radius 2 is 1.38 bits per heavy atom. The van der Waals surface area contributed by atoms with E-state index in [0.29, 0.717) is 28.3 Å². The van der Waals surface area contributed by atoms with Crippen LogP contribution in [0.4, 0.5) is 5.69 Å². The molecule has 1 heterocycles. The van der Waals surface area contributed by atoms with E-state index in [4.69, 9.17) is 9.47 Å². The molecule has 0 spiro atoms. The summed E-state index contributed by atoms with van der Waals surface area (Å²) in [6.45, 7) is 0. The molecule has 1 N–H and O–H groups in total. The Hall–Kier alpha value is -3.58. The third kappa shape index (κ3) is 3.87. The number of aliphatic hydroxyl groups is 1. The van der Waals surface area contributed by atoms with Crippen LogP contribution in [0.5, 0.6) is 11.5 Å². The van der Waals surface area contributed by atoms with Crippen LogP contribution >= 0.6 is 15.9 Å². The third-order valence-electron chi connectivity index (χ3n) is 5.34. The van der Waals surface area contributed by atoms with Gasteiger partial charge in [-0.15, -0.1) is 0 Å². The maximum atomic E-state index is 13.1. The second kappa shape index (κ2) is 8.88. The lowest BCUT2D eigenvalue weighted by Crippen LogP contribution is -2.29. The van der Waals surface area contributed by atoms with E-state index in [-0.39, 0.29) is 11.3 Å². The summed E-state index contributed by atoms with van der Waals surface area (Å²) >= 11 is 3.41. The molecular formula is C25H20BrNO5. The summed E-state index contributed by atoms with van der Waals surface area (Å²) in [4.78, 5) is 27.7. The summed E-state index contributed by atoms with van der Waals surface area (Å²) in [5.41, 5.74) is 1.66. The van der Waals surface area contributed by atoms with Gasteiger partial charge >= 0.3 is 0 Å². The molecule has 162 valence electrons. The molecule has 0 aliphatic carbocycles. The molecule has 0 bridgehead atoms. The van der Waals surface area contributed by atoms with Gasteiger partial charge in [-0.1, -0.05) is 28.1 Å². The Morgan fingerprint density at radius 1 is 0.844 bits per heavy atom. The van der Waals surface area contributed by atoms with Gasteiger partial charge in [0.25, 0.3) is 11.7 Å². The lowest BCUT2D eigenvalue weighted by Gasteiger charge is -2.25. The highest BCUT2D eigenvalue weighted by molar-refractivity contribution is 9.10. The Morgan fingerprint density at radius 3 is 1.91 bits per heavy atom. The van der Waals surface area contributed by atoms with E-state index in [2.05, 4.69) is 15.9 Å². The molecule has 1 aliphatic heterocycles. The second-order valence-electron chi connectivity index (χ2n) is 7.15. The number of anilines is 1. The molecule has 7 heteroatoms. The largest absolute Gasteiger partial charge is 0.507 e. The van der Waals surface area contributed by atoms with Crippen molar-refractivity contribution in [3.05, 3.63) is 94.0 Å². The number of hydrogen-bond donors (Lipinski definition) is 1. The molecule has 4 rings (SSSR count). The first-order valence-corrected chi connectivity index (χ1v) is 10.6. The predicted molar refractivity (Wildman–Crippen MR) is 125 cm³/mol. The number of halogens is 1. The minimum atomic E-state index is -0.793. The lowest BCUT2D eigenvalue weighted by atomic mass is 9.95. The number of Topliss-reactive ketones (excluding diaryl/α,β-unsaturated/α-hetero) is 1. The maximum Gasteiger partial charge on any atom is 0.300 e. The van der Waals surface area contributed by atoms with Gasteiger partial charge in [0, 0.05) is 15.7 Å². The number of carbonyl (C=O) groups excluding carboxylic acids is 2. The fourth-order valence-electron chi connectivity index (χ4n) is 3.71. The first kappa shape index (κ1) is 21.6. The Kier molecular flexibility index (Phi) is 6.01. The number of ether oxygens (including phenoxy) is 2. The number of carbonyl (C=O) groups is 2. The van der Waals surface area contributed by atoms with Crippen LogP contribution in [0, 0.1) is 0 Å². The number of hydrogen-bond acceptors (Lipinski definition) is 5. The average Bonchev–Trinajstić information content (AvgIpc) is 3.09. The minimum absolute atomic E-state index is 0.0262. The molecule has 0 aromatic heterocycles. The Bertz CT molecular complexity index is 1180. The van der Waals surface area contributed by atoms with Crippen LogP contribution in [0.3, 0.4) is 0 Å². The van der Waals surface area contributed by atoms with Crippen molar-refractivity contribution in [2.75, 3.05) is 19.1 Å². The van der Waals surface area contributed by atoms with Crippen molar-refractivity contribution in [3.63, 3.8) is 0 Å². The van der Waals surface area contributed by atoms with Crippen LogP contribution < -0.4 is 14.4 Å². The van der Waals surface area contributed by atoms with Gasteiger partial charge in [0.2, 0.25) is 0 Å². The van der Waals surface area contributed by atoms with E-state index < -0.39 is 17.7 Å². The van der Waals surface area contributed by atoms with Gasteiger partial charge in [0.05, 0.1) is 25.8 Å². The molecule has 0 unspecified atom stereocenters. The number of methoxy groups -OCH3 is 2. The quantitative estimate of drug-likeness (QED) is 0.304. The summed E-state index contributed by atoms with van der Waals surface area (Å²) in [5, 5.41) is 11.1. The summed E-state index contributed by atoms with van der Waals surface area (Å²) < 4.78 is 11.2. The molecular weight excluding hydrogens is 474 g/mol. The van der Waals surface area contributed by atoms with Crippen molar-refractivity contribution >= 4 is 39.1 Å². The van der Waals surface area contributed by atoms with Crippen molar-refractivity contribution in [1.82, 2.24) is 0 Å². The first-order valence-electron chi connectivity index (χ1n) is 9.79. The topological polar surface area (TPSA) is 76.1 Å². The van der Waals surface area contributed by atoms with E-state index in [1.165, 1.54) is 4.90 Å². The zero-order valence-electron chi connectivity index (χ0n) is 17.4. The molecule has 6 nitrogen and oxygen atoms in total. The van der Waals surface area contributed by atoms with Gasteiger partial charge in [0.15, 0.2) is 0 Å². The van der Waals surface area contributed by atoms with E-state index in [0.717, 1.165) is 4.47 Å². The van der Waals surface area contributed by atoms with Crippen LogP contribution in [0.2, 0.25) is 0 Å². The Labute approximate surface area is 193 Å². The van der Waals surface area contributed by atoms with Crippen molar-refractivity contribution < 1.29 is 24.2 Å². The molecule has 1 amide bonds. The molecule has 1 aliphatic rings. The van der Waals surface area contributed by atoms with E-state index in [1.54, 1.807) is 62.8 Å². The van der Waals surface area contributed by atoms with Gasteiger partial charge in [-0.3, -0.25) is 14.5 Å². The zero-order valence-corrected chi connectivity index (χ0v) is 19.0. The molecule has 3 aromatic rings. The summed E-state index contributed by atoms with van der Waals surface area (Å²) in [6.07, 6.45) is 0. The van der Waals surface area contributed by atoms with Crippen LogP contribution in [0.15, 0.2) is 82.8 Å². The molecule has 0 saturated carbocycles. The highest BCUT2D eigenvalue weighted by Gasteiger charge is 2.46. The SMILES string of the molecule is COc1ccc(C(O)=C2C(=O)C(=O)N(c3ccc(OC)cc3)[C@@H]2c2ccc(Br)cc2)cc1. The maximum absolute atomic E-state index is 13.1. The van der Waals surface area contributed by atoms with Gasteiger partial charge in [-0.05, 0) is 66.2 Å². The molecule has 1 fully saturated rings. The van der Waals surface area contributed by atoms with Gasteiger partial charge in [0.1, 0.15) is 17.3 Å². The van der Waals surface area contributed by atoms with Gasteiger partial charge in [-0.2, -0.15) is 0 Å². The van der Waals surface area contributed by atoms with Gasteiger partial charge in [-0.25, -0.2) is 0 Å². The van der Waals surface area contributed by atoms with Crippen molar-refractivity contribution in [2.24, 2.45) is 0 Å². The van der Waals surface area contributed by atoms with Gasteiger partial charge < -0.3 is 14.6 Å². The minimum Gasteiger partial charge on any atom is -0.507 e. The Balaban J connectivity index is 1.89. The standard InChI is InChI=1S/C25H20BrNO5/c1-31-19-11-5-16(6-12-19)23(28)21-22(15-3-7-17(26)8-4-15)27(25(30)24(21)29)18-9-13-20(32-2)14-10-18/h3-14,22,28H,1-2H3/t22-/m1/s1. The number of amides is 1. The third-order valence-corrected chi connectivity index (χ3v) is 5.87. The normalized spacial score (nSPS) is 17.5. The molecule has 3 aromatic carbocycles. The summed E-state index contributed by atoms with van der Waals surface area (Å²) in [7, 11) is 3.10. The van der Waals surface area contributed by atoms with Crippen LogP contribution in [0.25, 0.3) is 5.76 Å². The molecule has 1 atom stereocenters. The average molecular weight is 494 g/mol. The number of rotatable bonds is 5. The monoisotopic (exact) mass is 493 g/mol. The van der Waals surface area contributed by atoms with Crippen LogP contribution in [-0.4, -0.2) is 31.0 Å². The van der Waals surface area contributed by atoms with Crippen LogP contribution in [-0.2, 0) is 9.59 Å². The highest BCUT2D eigenvalue weighted by atomic mass is 79.9. The number of benzene rings is 3. The smallest absolute Gasteiger partial charge is 0.300 e. The first-order chi connectivity index (χ1) is 15.4. The lowest BCUT2D eigenvalue weighted by molar-refractivity contribution is -0.132. The number of ketones is 1. The molecule has 0 radical (unpaired) electrons. The summed E-state index contributed by atoms with van der Waals surface area (Å²) in [6, 6.07) is 20.0. The van der Waals surface area contributed by atoms with E-state index >= 15 is 0 Å². The fourth-order valence-corrected chi connectivity index (χ4v) is 3.97. The summed E-state index contributed by atoms with van der Waals surface area (Å²) in [5.74, 6) is -0.455. The zero-order chi connectivity index (χ0) is 22.8. The molecule has 1 saturated heterocycles. The number of aliphatic hydroxyl groups excluding tert-OH is 1. The van der Waals surface area contributed by atoms with Crippen molar-refractivity contribution in [2.45, 2.75) is 6.04 Å². The van der Waals surface area contributed by atoms with Crippen LogP contribution in [0.1, 0.15) is 17.2 Å². The van der Waals surface area contributed by atoms with E-state index in [9.17, 15) is 14.7 Å². The fraction of sp³-hybridized carbons (Fsp3) is 0.120. The number of nitrogens with zero attached hydrogens (tertiary/aromatic N) is 1. The van der Waals surface area contributed by atoms with Crippen molar-refractivity contribution in [3.8, 4) is 11.5 Å². The van der Waals surface area contributed by atoms with Crippen molar-refractivity contribution in [1.29, 1.82) is 0 Å². The second-order valence-corrected chi connectivity index (χ2v) is 8.06.